The van der Waals surface area contributed by atoms with Gasteiger partial charge in [-0.15, -0.1) is 0 Å². The third kappa shape index (κ3) is 3.91. The molecule has 0 aliphatic heterocycles. The Morgan fingerprint density at radius 1 is 1.47 bits per heavy atom. The van der Waals surface area contributed by atoms with Crippen molar-refractivity contribution in [2.45, 2.75) is 6.42 Å². The number of nitrogens with one attached hydrogen (secondary N) is 1. The molecule has 3 nitrogen and oxygen atoms in total. The molecule has 0 heterocycles. The van der Waals surface area contributed by atoms with Gasteiger partial charge in [0.1, 0.15) is 0 Å². The van der Waals surface area contributed by atoms with Crippen LogP contribution in [0.4, 0.5) is 5.69 Å². The number of aromatic hydroxyl groups is 1. The van der Waals surface area contributed by atoms with E-state index in [0.717, 1.165) is 24.4 Å². The van der Waals surface area contributed by atoms with Gasteiger partial charge in [0.25, 0.3) is 0 Å². The topological polar surface area (TPSA) is 41.5 Å². The normalized spacial score (nSPS) is 10.0. The molecule has 0 aromatic heterocycles. The second kappa shape index (κ2) is 6.45. The first kappa shape index (κ1) is 12.0. The number of phenols is 1. The molecule has 84 valence electrons. The molecule has 0 fully saturated rings. The molecule has 0 bridgehead atoms. The van der Waals surface area contributed by atoms with Crippen molar-refractivity contribution in [2.24, 2.45) is 0 Å². The standard InChI is InChI=1S/C11H17NO2S/c1-14-11-5-4-9(8-10(11)13)12-6-3-7-15-2/h4-5,8,12-13H,3,6-7H2,1-2H3. The number of hydrogen-bond acceptors (Lipinski definition) is 4. The van der Waals surface area contributed by atoms with E-state index in [1.807, 2.05) is 17.8 Å². The quantitative estimate of drug-likeness (QED) is 0.733. The zero-order valence-electron chi connectivity index (χ0n) is 9.12. The Balaban J connectivity index is 2.45. The fourth-order valence-corrected chi connectivity index (χ4v) is 1.68. The van der Waals surface area contributed by atoms with Gasteiger partial charge in [0.05, 0.1) is 7.11 Å². The Morgan fingerprint density at radius 3 is 2.87 bits per heavy atom. The minimum absolute atomic E-state index is 0.173. The third-order valence-electron chi connectivity index (χ3n) is 2.03. The molecule has 0 atom stereocenters. The van der Waals surface area contributed by atoms with E-state index in [-0.39, 0.29) is 5.75 Å². The molecule has 0 saturated carbocycles. The minimum Gasteiger partial charge on any atom is -0.504 e. The van der Waals surface area contributed by atoms with E-state index >= 15 is 0 Å². The number of rotatable bonds is 6. The van der Waals surface area contributed by atoms with Gasteiger partial charge in [-0.1, -0.05) is 0 Å². The largest absolute Gasteiger partial charge is 0.504 e. The molecule has 0 spiro atoms. The summed E-state index contributed by atoms with van der Waals surface area (Å²) in [6.07, 6.45) is 3.22. The Kier molecular flexibility index (Phi) is 5.18. The average Bonchev–Trinajstić information content (AvgIpc) is 2.25. The van der Waals surface area contributed by atoms with Crippen molar-refractivity contribution in [2.75, 3.05) is 31.0 Å². The molecule has 1 rings (SSSR count). The second-order valence-electron chi connectivity index (χ2n) is 3.16. The van der Waals surface area contributed by atoms with Gasteiger partial charge in [0.15, 0.2) is 11.5 Å². The zero-order chi connectivity index (χ0) is 11.1. The number of methoxy groups -OCH3 is 1. The summed E-state index contributed by atoms with van der Waals surface area (Å²) in [6.45, 7) is 0.923. The molecule has 0 aliphatic carbocycles. The summed E-state index contributed by atoms with van der Waals surface area (Å²) in [6, 6.07) is 5.34. The van der Waals surface area contributed by atoms with Crippen LogP contribution in [0.15, 0.2) is 18.2 Å². The Morgan fingerprint density at radius 2 is 2.27 bits per heavy atom. The van der Waals surface area contributed by atoms with E-state index in [4.69, 9.17) is 4.74 Å². The lowest BCUT2D eigenvalue weighted by Crippen LogP contribution is -2.02. The van der Waals surface area contributed by atoms with Crippen LogP contribution < -0.4 is 10.1 Å². The molecule has 0 amide bonds. The Bertz CT molecular complexity index is 305. The van der Waals surface area contributed by atoms with Gasteiger partial charge in [0, 0.05) is 18.3 Å². The number of thioether (sulfide) groups is 1. The smallest absolute Gasteiger partial charge is 0.160 e. The summed E-state index contributed by atoms with van der Waals surface area (Å²) in [5, 5.41) is 12.8. The van der Waals surface area contributed by atoms with Crippen LogP contribution in [0, 0.1) is 0 Å². The SMILES string of the molecule is COc1ccc(NCCCSC)cc1O. The lowest BCUT2D eigenvalue weighted by Gasteiger charge is -2.08. The van der Waals surface area contributed by atoms with Crippen molar-refractivity contribution in [1.29, 1.82) is 0 Å². The van der Waals surface area contributed by atoms with Gasteiger partial charge < -0.3 is 15.2 Å². The number of hydrogen-bond donors (Lipinski definition) is 2. The number of benzene rings is 1. The van der Waals surface area contributed by atoms with Crippen molar-refractivity contribution in [3.63, 3.8) is 0 Å². The molecule has 2 N–H and O–H groups in total. The van der Waals surface area contributed by atoms with Crippen molar-refractivity contribution in [1.82, 2.24) is 0 Å². The summed E-state index contributed by atoms with van der Waals surface area (Å²) in [7, 11) is 1.54. The second-order valence-corrected chi connectivity index (χ2v) is 4.15. The highest BCUT2D eigenvalue weighted by molar-refractivity contribution is 7.98. The number of phenolic OH excluding ortho intramolecular Hbond substituents is 1. The van der Waals surface area contributed by atoms with Crippen molar-refractivity contribution in [3.05, 3.63) is 18.2 Å². The minimum atomic E-state index is 0.173. The van der Waals surface area contributed by atoms with Crippen LogP contribution in [0.25, 0.3) is 0 Å². The van der Waals surface area contributed by atoms with Gasteiger partial charge in [-0.2, -0.15) is 11.8 Å². The monoisotopic (exact) mass is 227 g/mol. The lowest BCUT2D eigenvalue weighted by molar-refractivity contribution is 0.373. The predicted molar refractivity (Wildman–Crippen MR) is 66.1 cm³/mol. The van der Waals surface area contributed by atoms with Crippen molar-refractivity contribution < 1.29 is 9.84 Å². The summed E-state index contributed by atoms with van der Waals surface area (Å²) in [5.41, 5.74) is 0.925. The fraction of sp³-hybridized carbons (Fsp3) is 0.455. The highest BCUT2D eigenvalue weighted by Crippen LogP contribution is 2.28. The van der Waals surface area contributed by atoms with Crippen LogP contribution in [-0.2, 0) is 0 Å². The molecule has 0 aliphatic rings. The molecule has 0 unspecified atom stereocenters. The summed E-state index contributed by atoms with van der Waals surface area (Å²) >= 11 is 1.84. The molecule has 4 heteroatoms. The van der Waals surface area contributed by atoms with Gasteiger partial charge >= 0.3 is 0 Å². The van der Waals surface area contributed by atoms with E-state index < -0.39 is 0 Å². The summed E-state index contributed by atoms with van der Waals surface area (Å²) in [5.74, 6) is 1.83. The molecule has 0 saturated heterocycles. The highest BCUT2D eigenvalue weighted by Gasteiger charge is 2.01. The lowest BCUT2D eigenvalue weighted by atomic mass is 10.2. The summed E-state index contributed by atoms with van der Waals surface area (Å²) in [4.78, 5) is 0. The van der Waals surface area contributed by atoms with E-state index in [1.165, 1.54) is 0 Å². The Hall–Kier alpha value is -1.03. The van der Waals surface area contributed by atoms with Crippen LogP contribution in [0.3, 0.4) is 0 Å². The van der Waals surface area contributed by atoms with Crippen molar-refractivity contribution in [3.8, 4) is 11.5 Å². The van der Waals surface area contributed by atoms with Crippen LogP contribution in [0.1, 0.15) is 6.42 Å². The van der Waals surface area contributed by atoms with Gasteiger partial charge in [0.2, 0.25) is 0 Å². The maximum Gasteiger partial charge on any atom is 0.160 e. The molecule has 1 aromatic carbocycles. The fourth-order valence-electron chi connectivity index (χ4n) is 1.25. The maximum absolute atomic E-state index is 9.52. The first-order valence-corrected chi connectivity index (χ1v) is 6.27. The van der Waals surface area contributed by atoms with Crippen LogP contribution in [0.5, 0.6) is 11.5 Å². The van der Waals surface area contributed by atoms with E-state index in [9.17, 15) is 5.11 Å². The summed E-state index contributed by atoms with van der Waals surface area (Å²) < 4.78 is 4.96. The third-order valence-corrected chi connectivity index (χ3v) is 2.73. The van der Waals surface area contributed by atoms with Gasteiger partial charge in [-0.05, 0) is 30.6 Å². The maximum atomic E-state index is 9.52. The van der Waals surface area contributed by atoms with Crippen LogP contribution >= 0.6 is 11.8 Å². The average molecular weight is 227 g/mol. The zero-order valence-corrected chi connectivity index (χ0v) is 9.93. The van der Waals surface area contributed by atoms with Crippen molar-refractivity contribution >= 4 is 17.4 Å². The van der Waals surface area contributed by atoms with E-state index in [1.54, 1.807) is 19.2 Å². The highest BCUT2D eigenvalue weighted by atomic mass is 32.2. The molecular formula is C11H17NO2S. The Labute approximate surface area is 94.8 Å². The van der Waals surface area contributed by atoms with E-state index in [0.29, 0.717) is 5.75 Å². The molecular weight excluding hydrogens is 210 g/mol. The molecule has 0 radical (unpaired) electrons. The first-order chi connectivity index (χ1) is 7.27. The predicted octanol–water partition coefficient (Wildman–Crippen LogP) is 2.57. The number of ether oxygens (including phenoxy) is 1. The molecule has 1 aromatic rings. The van der Waals surface area contributed by atoms with Crippen LogP contribution in [0.2, 0.25) is 0 Å². The van der Waals surface area contributed by atoms with Gasteiger partial charge in [-0.3, -0.25) is 0 Å². The van der Waals surface area contributed by atoms with Crippen LogP contribution in [-0.4, -0.2) is 30.8 Å². The number of anilines is 1. The molecule has 15 heavy (non-hydrogen) atoms. The van der Waals surface area contributed by atoms with Gasteiger partial charge in [-0.25, -0.2) is 0 Å². The van der Waals surface area contributed by atoms with E-state index in [2.05, 4.69) is 11.6 Å². The first-order valence-electron chi connectivity index (χ1n) is 4.87.